The van der Waals surface area contributed by atoms with Crippen LogP contribution in [0.25, 0.3) is 0 Å². The summed E-state index contributed by atoms with van der Waals surface area (Å²) in [5.74, 6) is 0.433. The van der Waals surface area contributed by atoms with Crippen molar-refractivity contribution in [1.82, 2.24) is 10.6 Å². The summed E-state index contributed by atoms with van der Waals surface area (Å²) in [6, 6.07) is -0.257. The summed E-state index contributed by atoms with van der Waals surface area (Å²) in [5.41, 5.74) is 0. The van der Waals surface area contributed by atoms with Gasteiger partial charge in [0.1, 0.15) is 0 Å². The molecule has 2 fully saturated rings. The van der Waals surface area contributed by atoms with Crippen LogP contribution in [-0.2, 0) is 9.47 Å². The van der Waals surface area contributed by atoms with Crippen molar-refractivity contribution in [3.63, 3.8) is 0 Å². The molecule has 0 radical (unpaired) electrons. The fourth-order valence-corrected chi connectivity index (χ4v) is 2.53. The largest absolute Gasteiger partial charge is 0.440 e. The van der Waals surface area contributed by atoms with E-state index in [-0.39, 0.29) is 23.9 Å². The van der Waals surface area contributed by atoms with Crippen LogP contribution in [0.5, 0.6) is 0 Å². The molecule has 2 saturated heterocycles. The summed E-state index contributed by atoms with van der Waals surface area (Å²) >= 11 is 0. The van der Waals surface area contributed by atoms with Crippen molar-refractivity contribution in [3.05, 3.63) is 0 Å². The van der Waals surface area contributed by atoms with Gasteiger partial charge in [0.2, 0.25) is 0 Å². The number of amides is 2. The molecule has 2 aliphatic heterocycles. The normalized spacial score (nSPS) is 35.4. The van der Waals surface area contributed by atoms with Gasteiger partial charge in [-0.15, -0.1) is 0 Å². The minimum Gasteiger partial charge on any atom is -0.440 e. The van der Waals surface area contributed by atoms with Crippen LogP contribution in [0, 0.1) is 11.8 Å². The lowest BCUT2D eigenvalue weighted by molar-refractivity contribution is 0.00670. The van der Waals surface area contributed by atoms with Crippen LogP contribution in [0.2, 0.25) is 0 Å². The number of cyclic esters (lactones) is 2. The highest BCUT2D eigenvalue weighted by Crippen LogP contribution is 2.28. The van der Waals surface area contributed by atoms with Crippen molar-refractivity contribution in [2.45, 2.75) is 52.0 Å². The van der Waals surface area contributed by atoms with Gasteiger partial charge < -0.3 is 20.1 Å². The number of rotatable bonds is 3. The fourth-order valence-electron chi connectivity index (χ4n) is 2.53. The average molecular weight is 256 g/mol. The number of ether oxygens (including phenoxy) is 2. The summed E-state index contributed by atoms with van der Waals surface area (Å²) in [6.07, 6.45) is -1.74. The predicted molar refractivity (Wildman–Crippen MR) is 64.1 cm³/mol. The van der Waals surface area contributed by atoms with Crippen LogP contribution in [0.15, 0.2) is 0 Å². The highest BCUT2D eigenvalue weighted by Gasteiger charge is 2.50. The maximum atomic E-state index is 11.4. The highest BCUT2D eigenvalue weighted by molar-refractivity contribution is 5.72. The Kier molecular flexibility index (Phi) is 3.36. The molecule has 0 saturated carbocycles. The van der Waals surface area contributed by atoms with E-state index in [0.29, 0.717) is 0 Å². The molecule has 0 aromatic heterocycles. The Morgan fingerprint density at radius 2 is 1.17 bits per heavy atom. The molecule has 0 aromatic rings. The Balaban J connectivity index is 2.18. The maximum absolute atomic E-state index is 11.4. The number of carbonyl (C=O) groups excluding carboxylic acids is 2. The Hall–Kier alpha value is -1.46. The van der Waals surface area contributed by atoms with Crippen molar-refractivity contribution in [1.29, 1.82) is 0 Å². The first-order valence-corrected chi connectivity index (χ1v) is 6.34. The number of hydrogen-bond acceptors (Lipinski definition) is 4. The van der Waals surface area contributed by atoms with Gasteiger partial charge in [0.15, 0.2) is 12.2 Å². The van der Waals surface area contributed by atoms with Crippen molar-refractivity contribution in [3.8, 4) is 0 Å². The van der Waals surface area contributed by atoms with E-state index in [9.17, 15) is 9.59 Å². The van der Waals surface area contributed by atoms with E-state index < -0.39 is 24.4 Å². The highest BCUT2D eigenvalue weighted by atomic mass is 16.6. The number of alkyl carbamates (subject to hydrolysis) is 2. The first kappa shape index (κ1) is 13.0. The van der Waals surface area contributed by atoms with Crippen molar-refractivity contribution >= 4 is 12.2 Å². The zero-order valence-electron chi connectivity index (χ0n) is 11.1. The van der Waals surface area contributed by atoms with Gasteiger partial charge in [-0.2, -0.15) is 0 Å². The topological polar surface area (TPSA) is 76.7 Å². The van der Waals surface area contributed by atoms with Gasteiger partial charge in [-0.1, -0.05) is 27.7 Å². The monoisotopic (exact) mass is 256 g/mol. The number of nitrogens with one attached hydrogen (secondary N) is 2. The molecule has 18 heavy (non-hydrogen) atoms. The van der Waals surface area contributed by atoms with Gasteiger partial charge in [0.25, 0.3) is 0 Å². The molecule has 0 bridgehead atoms. The quantitative estimate of drug-likeness (QED) is 0.796. The van der Waals surface area contributed by atoms with Crippen LogP contribution in [0.4, 0.5) is 9.59 Å². The van der Waals surface area contributed by atoms with E-state index >= 15 is 0 Å². The molecule has 2 amide bonds. The van der Waals surface area contributed by atoms with E-state index in [1.165, 1.54) is 0 Å². The van der Waals surface area contributed by atoms with E-state index in [1.807, 2.05) is 27.7 Å². The Labute approximate surface area is 106 Å². The molecule has 0 aliphatic carbocycles. The van der Waals surface area contributed by atoms with Crippen LogP contribution >= 0.6 is 0 Å². The van der Waals surface area contributed by atoms with Gasteiger partial charge in [0, 0.05) is 0 Å². The molecule has 6 heteroatoms. The summed E-state index contributed by atoms with van der Waals surface area (Å²) in [7, 11) is 0. The molecule has 2 aliphatic rings. The van der Waals surface area contributed by atoms with Crippen LogP contribution < -0.4 is 10.6 Å². The van der Waals surface area contributed by atoms with Crippen LogP contribution in [-0.4, -0.2) is 36.5 Å². The summed E-state index contributed by atoms with van der Waals surface area (Å²) in [5, 5.41) is 5.55. The number of carbonyl (C=O) groups is 2. The zero-order valence-corrected chi connectivity index (χ0v) is 11.1. The average Bonchev–Trinajstić information content (AvgIpc) is 2.81. The number of hydrogen-bond donors (Lipinski definition) is 2. The van der Waals surface area contributed by atoms with Crippen molar-refractivity contribution in [2.24, 2.45) is 11.8 Å². The zero-order chi connectivity index (χ0) is 13.4. The lowest BCUT2D eigenvalue weighted by Gasteiger charge is -2.28. The van der Waals surface area contributed by atoms with Crippen molar-refractivity contribution < 1.29 is 19.1 Å². The third-order valence-corrected chi connectivity index (χ3v) is 3.52. The lowest BCUT2D eigenvalue weighted by atomic mass is 9.89. The summed E-state index contributed by atoms with van der Waals surface area (Å²) in [6.45, 7) is 8.00. The third kappa shape index (κ3) is 2.23. The van der Waals surface area contributed by atoms with Crippen LogP contribution in [0.1, 0.15) is 27.7 Å². The standard InChI is InChI=1S/C12H20N2O4/c1-5(2)7-9(17-11(15)13-7)10-8(6(3)4)14-12(16)18-10/h5-10H,1-4H3,(H,13,15)(H,14,16)/t7-,8-,9+,10+/m0/s1. The second-order valence-electron chi connectivity index (χ2n) is 5.57. The fraction of sp³-hybridized carbons (Fsp3) is 0.833. The Bertz CT molecular complexity index is 322. The molecule has 2 rings (SSSR count). The van der Waals surface area contributed by atoms with Crippen LogP contribution in [0.3, 0.4) is 0 Å². The lowest BCUT2D eigenvalue weighted by Crippen LogP contribution is -2.49. The molecule has 6 nitrogen and oxygen atoms in total. The SMILES string of the molecule is CC(C)[C@@H]1NC(=O)O[C@H]1[C@@H]1OC(=O)N[C@H]1C(C)C. The van der Waals surface area contributed by atoms with E-state index in [4.69, 9.17) is 9.47 Å². The molecular formula is C12H20N2O4. The first-order chi connectivity index (χ1) is 8.40. The predicted octanol–water partition coefficient (Wildman–Crippen LogP) is 1.25. The molecule has 0 spiro atoms. The minimum absolute atomic E-state index is 0.128. The Morgan fingerprint density at radius 3 is 1.44 bits per heavy atom. The smallest absolute Gasteiger partial charge is 0.407 e. The summed E-state index contributed by atoms with van der Waals surface area (Å²) < 4.78 is 10.6. The van der Waals surface area contributed by atoms with E-state index in [1.54, 1.807) is 0 Å². The first-order valence-electron chi connectivity index (χ1n) is 6.34. The van der Waals surface area contributed by atoms with Gasteiger partial charge in [0.05, 0.1) is 12.1 Å². The molecule has 2 heterocycles. The molecular weight excluding hydrogens is 236 g/mol. The second-order valence-corrected chi connectivity index (χ2v) is 5.57. The van der Waals surface area contributed by atoms with Gasteiger partial charge in [-0.25, -0.2) is 9.59 Å². The molecule has 2 N–H and O–H groups in total. The third-order valence-electron chi connectivity index (χ3n) is 3.52. The van der Waals surface area contributed by atoms with Gasteiger partial charge in [-0.05, 0) is 11.8 Å². The molecule has 102 valence electrons. The summed E-state index contributed by atoms with van der Waals surface area (Å²) in [4.78, 5) is 22.8. The minimum atomic E-state index is -0.441. The van der Waals surface area contributed by atoms with Gasteiger partial charge in [-0.3, -0.25) is 0 Å². The molecule has 0 unspecified atom stereocenters. The van der Waals surface area contributed by atoms with Crippen molar-refractivity contribution in [2.75, 3.05) is 0 Å². The van der Waals surface area contributed by atoms with E-state index in [0.717, 1.165) is 0 Å². The molecule has 4 atom stereocenters. The Morgan fingerprint density at radius 1 is 0.833 bits per heavy atom. The maximum Gasteiger partial charge on any atom is 0.407 e. The second kappa shape index (κ2) is 4.66. The van der Waals surface area contributed by atoms with Gasteiger partial charge >= 0.3 is 12.2 Å². The van der Waals surface area contributed by atoms with E-state index in [2.05, 4.69) is 10.6 Å². The molecule has 0 aromatic carbocycles.